The van der Waals surface area contributed by atoms with E-state index in [2.05, 4.69) is 10.1 Å². The number of nitrogens with zero attached hydrogens (tertiary/aromatic N) is 3. The van der Waals surface area contributed by atoms with Crippen LogP contribution in [0.25, 0.3) is 10.2 Å². The number of hydrazine groups is 1. The van der Waals surface area contributed by atoms with Gasteiger partial charge >= 0.3 is 5.92 Å². The number of hydrogen-bond donors (Lipinski definition) is 2. The molecule has 142 valence electrons. The van der Waals surface area contributed by atoms with Gasteiger partial charge in [-0.2, -0.15) is 13.9 Å². The lowest BCUT2D eigenvalue weighted by atomic mass is 9.91. The molecule has 0 aliphatic heterocycles. The summed E-state index contributed by atoms with van der Waals surface area (Å²) >= 11 is 0.801. The highest BCUT2D eigenvalue weighted by Crippen LogP contribution is 2.45. The third-order valence-electron chi connectivity index (χ3n) is 3.96. The average Bonchev–Trinajstić information content (AvgIpc) is 3.05. The van der Waals surface area contributed by atoms with E-state index >= 15 is 8.78 Å². The summed E-state index contributed by atoms with van der Waals surface area (Å²) in [5.74, 6) is 3.30. The topological polar surface area (TPSA) is 80.5 Å². The van der Waals surface area contributed by atoms with Crippen molar-refractivity contribution in [1.82, 2.24) is 9.99 Å². The van der Waals surface area contributed by atoms with E-state index in [1.807, 2.05) is 0 Å². The molecule has 2 aromatic carbocycles. The maximum absolute atomic E-state index is 15.4. The highest BCUT2D eigenvalue weighted by molar-refractivity contribution is 7.18. The van der Waals surface area contributed by atoms with Crippen LogP contribution in [0.4, 0.5) is 17.6 Å². The number of alkyl halides is 2. The first-order valence-corrected chi connectivity index (χ1v) is 8.58. The first-order valence-electron chi connectivity index (χ1n) is 7.76. The Morgan fingerprint density at radius 1 is 1.22 bits per heavy atom. The van der Waals surface area contributed by atoms with Crippen molar-refractivity contribution in [1.29, 1.82) is 0 Å². The van der Waals surface area contributed by atoms with Gasteiger partial charge in [0.15, 0.2) is 5.01 Å². The van der Waals surface area contributed by atoms with Gasteiger partial charge in [-0.3, -0.25) is 5.01 Å². The molecule has 1 unspecified atom stereocenters. The van der Waals surface area contributed by atoms with E-state index in [1.54, 1.807) is 24.3 Å². The van der Waals surface area contributed by atoms with Crippen LogP contribution in [0.15, 0.2) is 47.6 Å². The van der Waals surface area contributed by atoms with Crippen LogP contribution in [0.3, 0.4) is 0 Å². The predicted octanol–water partition coefficient (Wildman–Crippen LogP) is 3.53. The lowest BCUT2D eigenvalue weighted by Crippen LogP contribution is -2.40. The van der Waals surface area contributed by atoms with Gasteiger partial charge in [0.1, 0.15) is 18.0 Å². The fourth-order valence-corrected chi connectivity index (χ4v) is 3.70. The van der Waals surface area contributed by atoms with Gasteiger partial charge in [-0.15, -0.1) is 11.3 Å². The van der Waals surface area contributed by atoms with E-state index < -0.39 is 35.0 Å². The minimum Gasteiger partial charge on any atom is -0.322 e. The minimum absolute atomic E-state index is 0.387. The molecule has 1 aromatic heterocycles. The Kier molecular flexibility index (Phi) is 5.29. The number of nitrogens with two attached hydrogens (primary N) is 2. The lowest BCUT2D eigenvalue weighted by molar-refractivity contribution is -0.0402. The molecule has 4 N–H and O–H groups in total. The molecule has 3 aromatic rings. The summed E-state index contributed by atoms with van der Waals surface area (Å²) in [4.78, 5) is 3.99. The van der Waals surface area contributed by atoms with Gasteiger partial charge in [-0.1, -0.05) is 18.2 Å². The summed E-state index contributed by atoms with van der Waals surface area (Å²) in [7, 11) is 0. The molecular formula is C17H15F4N5S. The zero-order chi connectivity index (χ0) is 19.6. The number of hydrogen-bond acceptors (Lipinski definition) is 5. The zero-order valence-corrected chi connectivity index (χ0v) is 14.6. The summed E-state index contributed by atoms with van der Waals surface area (Å²) in [6.07, 6.45) is 0.933. The van der Waals surface area contributed by atoms with Crippen LogP contribution in [0, 0.1) is 11.6 Å². The fourth-order valence-electron chi connectivity index (χ4n) is 2.70. The Morgan fingerprint density at radius 2 is 1.96 bits per heavy atom. The lowest BCUT2D eigenvalue weighted by Gasteiger charge is -2.28. The number of rotatable bonds is 6. The number of benzene rings is 2. The summed E-state index contributed by atoms with van der Waals surface area (Å²) < 4.78 is 58.8. The maximum Gasteiger partial charge on any atom is 0.307 e. The van der Waals surface area contributed by atoms with E-state index in [0.717, 1.165) is 34.8 Å². The van der Waals surface area contributed by atoms with E-state index in [-0.39, 0.29) is 5.56 Å². The average molecular weight is 397 g/mol. The first-order chi connectivity index (χ1) is 12.8. The molecule has 5 nitrogen and oxygen atoms in total. The second kappa shape index (κ2) is 7.49. The van der Waals surface area contributed by atoms with Gasteiger partial charge in [-0.05, 0) is 23.8 Å². The van der Waals surface area contributed by atoms with Crippen molar-refractivity contribution in [2.45, 2.75) is 11.8 Å². The number of fused-ring (bicyclic) bond motifs is 1. The molecule has 0 amide bonds. The Balaban J connectivity index is 2.09. The van der Waals surface area contributed by atoms with E-state index in [0.29, 0.717) is 16.3 Å². The van der Waals surface area contributed by atoms with Crippen LogP contribution in [-0.2, 0) is 5.92 Å². The smallest absolute Gasteiger partial charge is 0.307 e. The minimum atomic E-state index is -3.58. The van der Waals surface area contributed by atoms with E-state index in [9.17, 15) is 8.78 Å². The summed E-state index contributed by atoms with van der Waals surface area (Å²) in [6.45, 7) is -0.522. The monoisotopic (exact) mass is 397 g/mol. The summed E-state index contributed by atoms with van der Waals surface area (Å²) in [5, 5.41) is 3.50. The third-order valence-corrected chi connectivity index (χ3v) is 5.08. The van der Waals surface area contributed by atoms with Gasteiger partial charge in [0.05, 0.1) is 16.1 Å². The predicted molar refractivity (Wildman–Crippen MR) is 96.2 cm³/mol. The van der Waals surface area contributed by atoms with Gasteiger partial charge in [0.25, 0.3) is 0 Å². The van der Waals surface area contributed by atoms with Crippen LogP contribution in [0.5, 0.6) is 0 Å². The standard InChI is InChI=1S/C17H15F4N5S/c18-10-5-6-11(13(19)7-10)12(8-26(23)9-24-22)17(20,21)16-25-14-3-1-2-4-15(14)27-16/h1-7,9,12H,8,22-23H2/b24-9-. The number of thiazole rings is 1. The summed E-state index contributed by atoms with van der Waals surface area (Å²) in [5.41, 5.74) is 0.0187. The van der Waals surface area contributed by atoms with Gasteiger partial charge in [0.2, 0.25) is 0 Å². The Labute approximate surface area is 155 Å². The molecular weight excluding hydrogens is 382 g/mol. The SMILES string of the molecule is N/N=C\N(N)CC(c1ccc(F)cc1F)C(F)(F)c1nc2ccccc2s1. The molecule has 10 heteroatoms. The maximum atomic E-state index is 15.4. The van der Waals surface area contributed by atoms with Crippen molar-refractivity contribution in [3.05, 3.63) is 64.7 Å². The van der Waals surface area contributed by atoms with Gasteiger partial charge in [0, 0.05) is 12.6 Å². The molecule has 0 spiro atoms. The highest BCUT2D eigenvalue weighted by atomic mass is 32.1. The number of halogens is 4. The van der Waals surface area contributed by atoms with Crippen LogP contribution >= 0.6 is 11.3 Å². The van der Waals surface area contributed by atoms with Crippen LogP contribution in [0.1, 0.15) is 16.5 Å². The van der Waals surface area contributed by atoms with Crippen molar-refractivity contribution < 1.29 is 17.6 Å². The molecule has 0 saturated heterocycles. The Hall–Kier alpha value is -2.72. The third kappa shape index (κ3) is 3.86. The molecule has 0 bridgehead atoms. The van der Waals surface area contributed by atoms with Crippen molar-refractivity contribution >= 4 is 27.9 Å². The van der Waals surface area contributed by atoms with Crippen molar-refractivity contribution in [3.8, 4) is 0 Å². The molecule has 0 aliphatic rings. The molecule has 3 rings (SSSR count). The molecule has 0 saturated carbocycles. The molecule has 1 atom stereocenters. The second-order valence-corrected chi connectivity index (χ2v) is 6.82. The van der Waals surface area contributed by atoms with Crippen molar-refractivity contribution in [2.24, 2.45) is 16.8 Å². The molecule has 0 radical (unpaired) electrons. The quantitative estimate of drug-likeness (QED) is 0.219. The number of hydrazone groups is 1. The van der Waals surface area contributed by atoms with Crippen LogP contribution in [-0.4, -0.2) is 22.9 Å². The Bertz CT molecular complexity index is 942. The van der Waals surface area contributed by atoms with E-state index in [1.165, 1.54) is 0 Å². The molecule has 27 heavy (non-hydrogen) atoms. The molecule has 1 heterocycles. The zero-order valence-electron chi connectivity index (χ0n) is 13.8. The largest absolute Gasteiger partial charge is 0.322 e. The normalized spacial score (nSPS) is 13.4. The molecule has 0 fully saturated rings. The van der Waals surface area contributed by atoms with Crippen molar-refractivity contribution in [2.75, 3.05) is 6.54 Å². The summed E-state index contributed by atoms with van der Waals surface area (Å²) in [6, 6.07) is 9.10. The second-order valence-electron chi connectivity index (χ2n) is 5.79. The highest BCUT2D eigenvalue weighted by Gasteiger charge is 2.46. The number of aromatic nitrogens is 1. The van der Waals surface area contributed by atoms with Gasteiger partial charge < -0.3 is 5.84 Å². The first kappa shape index (κ1) is 19.1. The number of para-hydroxylation sites is 1. The van der Waals surface area contributed by atoms with E-state index in [4.69, 9.17) is 11.7 Å². The van der Waals surface area contributed by atoms with Crippen molar-refractivity contribution in [3.63, 3.8) is 0 Å². The fraction of sp³-hybridized carbons (Fsp3) is 0.176. The molecule has 0 aliphatic carbocycles. The van der Waals surface area contributed by atoms with Crippen LogP contribution in [0.2, 0.25) is 0 Å². The Morgan fingerprint density at radius 3 is 2.63 bits per heavy atom. The van der Waals surface area contributed by atoms with Gasteiger partial charge in [-0.25, -0.2) is 19.6 Å². The van der Waals surface area contributed by atoms with Crippen LogP contribution < -0.4 is 11.7 Å².